The topological polar surface area (TPSA) is 113 Å². The van der Waals surface area contributed by atoms with Gasteiger partial charge in [-0.2, -0.15) is 13.2 Å². The van der Waals surface area contributed by atoms with Gasteiger partial charge in [0.2, 0.25) is 5.76 Å². The lowest BCUT2D eigenvalue weighted by Crippen LogP contribution is -2.38. The molecule has 0 fully saturated rings. The first kappa shape index (κ1) is 15.0. The molecule has 3 rings (SSSR count). The van der Waals surface area contributed by atoms with Gasteiger partial charge in [0.05, 0.1) is 6.42 Å². The summed E-state index contributed by atoms with van der Waals surface area (Å²) in [4.78, 5) is 6.68. The van der Waals surface area contributed by atoms with Gasteiger partial charge in [-0.1, -0.05) is 24.3 Å². The number of aromatic nitrogens is 1. The normalized spacial score (nSPS) is 14.2. The predicted octanol–water partition coefficient (Wildman–Crippen LogP) is 0.339. The predicted molar refractivity (Wildman–Crippen MR) is 82.2 cm³/mol. The Morgan fingerprint density at radius 1 is 1.13 bits per heavy atom. The Bertz CT molecular complexity index is 1040. The minimum absolute atomic E-state index is 0.0875. The second-order valence-corrected chi connectivity index (χ2v) is 6.33. The Kier molecular flexibility index (Phi) is 3.69. The molecule has 0 saturated heterocycles. The molecule has 1 aliphatic carbocycles. The first-order chi connectivity index (χ1) is 11.0. The van der Waals surface area contributed by atoms with E-state index in [0.29, 0.717) is 5.22 Å². The molecule has 23 heavy (non-hydrogen) atoms. The van der Waals surface area contributed by atoms with Crippen molar-refractivity contribution in [2.24, 2.45) is 0 Å². The molecule has 0 saturated carbocycles. The van der Waals surface area contributed by atoms with Crippen LogP contribution in [0.1, 0.15) is 6.42 Å². The van der Waals surface area contributed by atoms with Crippen LogP contribution < -0.4 is 14.6 Å². The number of fused-ring (bicyclic) bond motifs is 1. The third-order valence-corrected chi connectivity index (χ3v) is 4.74. The summed E-state index contributed by atoms with van der Waals surface area (Å²) in [6, 6.07) is 9.22. The molecule has 0 atom stereocenters. The van der Waals surface area contributed by atoms with E-state index in [1.54, 1.807) is 18.2 Å². The minimum Gasteiger partial charge on any atom is -0.501 e. The van der Waals surface area contributed by atoms with Gasteiger partial charge in [0.1, 0.15) is 10.7 Å². The number of hydrogen-bond donors (Lipinski definition) is 1. The van der Waals surface area contributed by atoms with E-state index in [1.807, 2.05) is 0 Å². The number of rotatable bonds is 3. The fraction of sp³-hybridized carbons (Fsp3) is 0.0667. The fourth-order valence-electron chi connectivity index (χ4n) is 2.30. The Morgan fingerprint density at radius 3 is 2.43 bits per heavy atom. The average Bonchev–Trinajstić information content (AvgIpc) is 2.56. The summed E-state index contributed by atoms with van der Waals surface area (Å²) in [6.07, 6.45) is 2.54. The van der Waals surface area contributed by atoms with Crippen LogP contribution in [0.15, 0.2) is 48.8 Å². The first-order valence-corrected chi connectivity index (χ1v) is 8.01. The monoisotopic (exact) mass is 329 g/mol. The van der Waals surface area contributed by atoms with Crippen molar-refractivity contribution in [1.29, 1.82) is 0 Å². The molecule has 1 heterocycles. The molecule has 2 aromatic rings. The van der Waals surface area contributed by atoms with Crippen molar-refractivity contribution in [2.45, 2.75) is 6.42 Å². The van der Waals surface area contributed by atoms with Gasteiger partial charge in [0.25, 0.3) is 0 Å². The third-order valence-electron chi connectivity index (χ3n) is 3.36. The highest BCUT2D eigenvalue weighted by Gasteiger charge is 2.32. The first-order valence-electron chi connectivity index (χ1n) is 6.60. The summed E-state index contributed by atoms with van der Waals surface area (Å²) in [5, 5.41) is 10.6. The van der Waals surface area contributed by atoms with Gasteiger partial charge >= 0.3 is 15.8 Å². The van der Waals surface area contributed by atoms with Crippen LogP contribution in [-0.2, 0) is 10.1 Å². The molecule has 1 N–H and O–H groups in total. The molecular formula is C15H11N3O4S. The number of aliphatic hydroxyl groups is 1. The lowest BCUT2D eigenvalue weighted by Gasteiger charge is -2.12. The minimum atomic E-state index is -4.14. The highest BCUT2D eigenvalue weighted by Crippen LogP contribution is 2.21. The van der Waals surface area contributed by atoms with Gasteiger partial charge in [-0.3, -0.25) is 4.98 Å². The van der Waals surface area contributed by atoms with Crippen LogP contribution in [0.5, 0.6) is 5.75 Å². The van der Waals surface area contributed by atoms with E-state index in [1.165, 1.54) is 30.6 Å². The lowest BCUT2D eigenvalue weighted by atomic mass is 10.0. The maximum absolute atomic E-state index is 12.6. The molecule has 1 aromatic heterocycles. The molecule has 0 unspecified atom stereocenters. The SMILES string of the molecule is [N-]=[N+]=C1CC(S(=O)(=O)Oc2ccncc2)=c2ccccc2=C1O. The average molecular weight is 329 g/mol. The van der Waals surface area contributed by atoms with Crippen molar-refractivity contribution in [3.8, 4) is 5.75 Å². The van der Waals surface area contributed by atoms with Crippen molar-refractivity contribution in [3.63, 3.8) is 0 Å². The molecule has 0 amide bonds. The highest BCUT2D eigenvalue weighted by atomic mass is 32.2. The van der Waals surface area contributed by atoms with Crippen LogP contribution in [0, 0.1) is 0 Å². The van der Waals surface area contributed by atoms with Crippen LogP contribution in [0.4, 0.5) is 0 Å². The molecule has 0 spiro atoms. The van der Waals surface area contributed by atoms with E-state index >= 15 is 0 Å². The molecular weight excluding hydrogens is 318 g/mol. The van der Waals surface area contributed by atoms with Gasteiger partial charge in [0, 0.05) is 35.0 Å². The number of nitrogens with zero attached hydrogens (tertiary/aromatic N) is 3. The van der Waals surface area contributed by atoms with Crippen molar-refractivity contribution < 1.29 is 22.5 Å². The van der Waals surface area contributed by atoms with Gasteiger partial charge in [-0.05, 0) is 0 Å². The Balaban J connectivity index is 2.24. The largest absolute Gasteiger partial charge is 0.501 e. The van der Waals surface area contributed by atoms with Gasteiger partial charge in [-0.15, -0.1) is 0 Å². The van der Waals surface area contributed by atoms with Crippen LogP contribution >= 0.6 is 0 Å². The second kappa shape index (κ2) is 5.68. The molecule has 0 radical (unpaired) electrons. The summed E-state index contributed by atoms with van der Waals surface area (Å²) < 4.78 is 30.3. The maximum atomic E-state index is 12.6. The zero-order valence-corrected chi connectivity index (χ0v) is 12.6. The van der Waals surface area contributed by atoms with Crippen molar-refractivity contribution in [3.05, 3.63) is 64.8 Å². The van der Waals surface area contributed by atoms with Crippen molar-refractivity contribution >= 4 is 26.5 Å². The van der Waals surface area contributed by atoms with Crippen LogP contribution in [0.25, 0.3) is 16.2 Å². The van der Waals surface area contributed by atoms with E-state index in [4.69, 9.17) is 9.71 Å². The summed E-state index contributed by atoms with van der Waals surface area (Å²) in [5.74, 6) is -0.141. The number of hydrogen-bond acceptors (Lipinski definition) is 5. The van der Waals surface area contributed by atoms with Crippen LogP contribution in [-0.4, -0.2) is 29.0 Å². The summed E-state index contributed by atoms with van der Waals surface area (Å²) in [6.45, 7) is 0. The van der Waals surface area contributed by atoms with Gasteiger partial charge in [-0.25, -0.2) is 0 Å². The molecule has 1 aromatic carbocycles. The number of benzene rings is 1. The standard InChI is InChI=1S/C15H11N3O4S/c16-18-13-9-14(11-3-1-2-4-12(11)15(13)19)23(20,21)22-10-5-7-17-8-6-10/h1-8,19H,9H2. The Labute approximate surface area is 131 Å². The number of aliphatic hydroxyl groups excluding tert-OH is 1. The smallest absolute Gasteiger partial charge is 0.339 e. The zero-order chi connectivity index (χ0) is 16.4. The third kappa shape index (κ3) is 2.73. The highest BCUT2D eigenvalue weighted by molar-refractivity contribution is 7.96. The van der Waals surface area contributed by atoms with Crippen LogP contribution in [0.2, 0.25) is 0 Å². The van der Waals surface area contributed by atoms with E-state index in [9.17, 15) is 13.5 Å². The van der Waals surface area contributed by atoms with Crippen molar-refractivity contribution in [1.82, 2.24) is 4.98 Å². The van der Waals surface area contributed by atoms with E-state index in [-0.39, 0.29) is 33.8 Å². The van der Waals surface area contributed by atoms with Crippen molar-refractivity contribution in [2.75, 3.05) is 0 Å². The molecule has 1 aliphatic rings. The van der Waals surface area contributed by atoms with Crippen LogP contribution in [0.3, 0.4) is 0 Å². The van der Waals surface area contributed by atoms with E-state index < -0.39 is 10.1 Å². The zero-order valence-electron chi connectivity index (χ0n) is 11.7. The Hall–Kier alpha value is -2.96. The van der Waals surface area contributed by atoms with Gasteiger partial charge < -0.3 is 14.8 Å². The Morgan fingerprint density at radius 2 is 1.78 bits per heavy atom. The maximum Gasteiger partial charge on any atom is 0.339 e. The molecule has 116 valence electrons. The lowest BCUT2D eigenvalue weighted by molar-refractivity contribution is -0.00641. The molecule has 0 aliphatic heterocycles. The van der Waals surface area contributed by atoms with E-state index in [0.717, 1.165) is 0 Å². The molecule has 7 nitrogen and oxygen atoms in total. The fourth-order valence-corrected chi connectivity index (χ4v) is 3.52. The quantitative estimate of drug-likeness (QED) is 0.495. The summed E-state index contributed by atoms with van der Waals surface area (Å²) in [7, 11) is -4.14. The molecule has 0 bridgehead atoms. The second-order valence-electron chi connectivity index (χ2n) is 4.76. The summed E-state index contributed by atoms with van der Waals surface area (Å²) in [5.41, 5.74) is 8.87. The van der Waals surface area contributed by atoms with Gasteiger partial charge in [0.15, 0.2) is 0 Å². The molecule has 8 heteroatoms. The number of pyridine rings is 1. The summed E-state index contributed by atoms with van der Waals surface area (Å²) >= 11 is 0. The van der Waals surface area contributed by atoms with E-state index in [2.05, 4.69) is 9.77 Å².